The Morgan fingerprint density at radius 3 is 3.12 bits per heavy atom. The van der Waals surface area contributed by atoms with Gasteiger partial charge in [0.25, 0.3) is 0 Å². The molecule has 1 atom stereocenters. The zero-order valence-electron chi connectivity index (χ0n) is 10.1. The van der Waals surface area contributed by atoms with Crippen molar-refractivity contribution in [3.8, 4) is 11.5 Å². The lowest BCUT2D eigenvalue weighted by Crippen LogP contribution is -2.36. The Morgan fingerprint density at radius 2 is 2.41 bits per heavy atom. The Labute approximate surface area is 102 Å². The van der Waals surface area contributed by atoms with Gasteiger partial charge in [-0.05, 0) is 30.5 Å². The Bertz CT molecular complexity index is 362. The van der Waals surface area contributed by atoms with E-state index in [1.807, 2.05) is 12.1 Å². The number of ether oxygens (including phenoxy) is 2. The largest absolute Gasteiger partial charge is 0.504 e. The van der Waals surface area contributed by atoms with Crippen LogP contribution in [-0.2, 0) is 11.3 Å². The Kier molecular flexibility index (Phi) is 4.23. The second-order valence-electron chi connectivity index (χ2n) is 4.30. The Hall–Kier alpha value is -1.26. The molecule has 1 aromatic carbocycles. The van der Waals surface area contributed by atoms with E-state index in [1.165, 1.54) is 0 Å². The normalized spacial score (nSPS) is 20.2. The van der Waals surface area contributed by atoms with E-state index in [9.17, 15) is 5.11 Å². The third-order valence-electron chi connectivity index (χ3n) is 3.00. The van der Waals surface area contributed by atoms with Gasteiger partial charge in [0.2, 0.25) is 0 Å². The van der Waals surface area contributed by atoms with Gasteiger partial charge in [-0.3, -0.25) is 0 Å². The van der Waals surface area contributed by atoms with Gasteiger partial charge in [0.05, 0.1) is 13.7 Å². The lowest BCUT2D eigenvalue weighted by Gasteiger charge is -2.23. The molecule has 0 aromatic heterocycles. The molecule has 0 saturated carbocycles. The molecule has 94 valence electrons. The summed E-state index contributed by atoms with van der Waals surface area (Å²) >= 11 is 0. The van der Waals surface area contributed by atoms with Crippen molar-refractivity contribution in [2.75, 3.05) is 20.3 Å². The molecule has 2 N–H and O–H groups in total. The van der Waals surface area contributed by atoms with Crippen LogP contribution >= 0.6 is 0 Å². The van der Waals surface area contributed by atoms with Crippen LogP contribution in [0.3, 0.4) is 0 Å². The highest BCUT2D eigenvalue weighted by Crippen LogP contribution is 2.26. The molecule has 0 bridgehead atoms. The van der Waals surface area contributed by atoms with Crippen LogP contribution < -0.4 is 10.1 Å². The summed E-state index contributed by atoms with van der Waals surface area (Å²) in [7, 11) is 1.56. The minimum atomic E-state index is 0.178. The second kappa shape index (κ2) is 5.89. The van der Waals surface area contributed by atoms with Crippen LogP contribution in [0, 0.1) is 0 Å². The maximum atomic E-state index is 9.49. The molecule has 0 radical (unpaired) electrons. The minimum absolute atomic E-state index is 0.178. The van der Waals surface area contributed by atoms with Gasteiger partial charge in [-0.2, -0.15) is 0 Å². The van der Waals surface area contributed by atoms with Crippen molar-refractivity contribution < 1.29 is 14.6 Å². The third-order valence-corrected chi connectivity index (χ3v) is 3.00. The van der Waals surface area contributed by atoms with Gasteiger partial charge < -0.3 is 19.9 Å². The summed E-state index contributed by atoms with van der Waals surface area (Å²) in [5.41, 5.74) is 1.10. The Balaban J connectivity index is 1.89. The smallest absolute Gasteiger partial charge is 0.160 e. The lowest BCUT2D eigenvalue weighted by molar-refractivity contribution is 0.0699. The number of rotatable bonds is 4. The molecule has 2 rings (SSSR count). The first-order valence-electron chi connectivity index (χ1n) is 5.96. The van der Waals surface area contributed by atoms with Gasteiger partial charge in [-0.15, -0.1) is 0 Å². The Morgan fingerprint density at radius 1 is 1.53 bits per heavy atom. The summed E-state index contributed by atoms with van der Waals surface area (Å²) in [6, 6.07) is 5.84. The first-order chi connectivity index (χ1) is 8.29. The zero-order chi connectivity index (χ0) is 12.1. The van der Waals surface area contributed by atoms with Gasteiger partial charge in [0.1, 0.15) is 0 Å². The first-order valence-corrected chi connectivity index (χ1v) is 5.96. The van der Waals surface area contributed by atoms with Crippen molar-refractivity contribution in [3.05, 3.63) is 23.8 Å². The molecule has 0 amide bonds. The number of phenolic OH excluding ortho intramolecular Hbond substituents is 1. The molecule has 1 aliphatic heterocycles. The van der Waals surface area contributed by atoms with E-state index in [1.54, 1.807) is 13.2 Å². The van der Waals surface area contributed by atoms with Crippen LogP contribution in [-0.4, -0.2) is 31.5 Å². The number of phenols is 1. The van der Waals surface area contributed by atoms with Crippen molar-refractivity contribution in [2.24, 2.45) is 0 Å². The maximum absolute atomic E-state index is 9.49. The van der Waals surface area contributed by atoms with Crippen molar-refractivity contribution in [2.45, 2.75) is 25.4 Å². The van der Waals surface area contributed by atoms with Crippen molar-refractivity contribution in [1.29, 1.82) is 0 Å². The van der Waals surface area contributed by atoms with Crippen LogP contribution in [0.2, 0.25) is 0 Å². The maximum Gasteiger partial charge on any atom is 0.160 e. The van der Waals surface area contributed by atoms with E-state index >= 15 is 0 Å². The molecule has 17 heavy (non-hydrogen) atoms. The lowest BCUT2D eigenvalue weighted by atomic mass is 10.1. The average Bonchev–Trinajstić information content (AvgIpc) is 2.39. The van der Waals surface area contributed by atoms with Crippen LogP contribution in [0.4, 0.5) is 0 Å². The fourth-order valence-corrected chi connectivity index (χ4v) is 2.00. The molecule has 0 spiro atoms. The molecule has 1 fully saturated rings. The molecule has 1 heterocycles. The van der Waals surface area contributed by atoms with E-state index in [-0.39, 0.29) is 5.75 Å². The summed E-state index contributed by atoms with van der Waals surface area (Å²) < 4.78 is 10.5. The van der Waals surface area contributed by atoms with Crippen LogP contribution in [0.25, 0.3) is 0 Å². The fourth-order valence-electron chi connectivity index (χ4n) is 2.00. The second-order valence-corrected chi connectivity index (χ2v) is 4.30. The van der Waals surface area contributed by atoms with Crippen LogP contribution in [0.1, 0.15) is 18.4 Å². The van der Waals surface area contributed by atoms with E-state index in [0.717, 1.165) is 38.2 Å². The number of hydrogen-bond donors (Lipinski definition) is 2. The van der Waals surface area contributed by atoms with E-state index < -0.39 is 0 Å². The van der Waals surface area contributed by atoms with Gasteiger partial charge in [-0.25, -0.2) is 0 Å². The number of aromatic hydroxyl groups is 1. The number of hydrogen-bond acceptors (Lipinski definition) is 4. The van der Waals surface area contributed by atoms with Crippen molar-refractivity contribution >= 4 is 0 Å². The summed E-state index contributed by atoms with van der Waals surface area (Å²) in [6.07, 6.45) is 2.28. The van der Waals surface area contributed by atoms with E-state index in [0.29, 0.717) is 11.8 Å². The SMILES string of the molecule is COc1cc(CNC2CCCOC2)ccc1O. The average molecular weight is 237 g/mol. The topological polar surface area (TPSA) is 50.7 Å². The molecule has 4 heteroatoms. The van der Waals surface area contributed by atoms with Gasteiger partial charge in [-0.1, -0.05) is 6.07 Å². The van der Waals surface area contributed by atoms with Gasteiger partial charge >= 0.3 is 0 Å². The molecule has 0 aliphatic carbocycles. The minimum Gasteiger partial charge on any atom is -0.504 e. The molecule has 1 aliphatic rings. The molecule has 1 saturated heterocycles. The highest BCUT2D eigenvalue weighted by molar-refractivity contribution is 5.41. The summed E-state index contributed by atoms with van der Waals surface area (Å²) in [5, 5.41) is 12.9. The van der Waals surface area contributed by atoms with Gasteiger partial charge in [0.15, 0.2) is 11.5 Å². The monoisotopic (exact) mass is 237 g/mol. The number of benzene rings is 1. The molecular formula is C13H19NO3. The summed E-state index contributed by atoms with van der Waals surface area (Å²) in [5.74, 6) is 0.696. The highest BCUT2D eigenvalue weighted by atomic mass is 16.5. The highest BCUT2D eigenvalue weighted by Gasteiger charge is 2.13. The van der Waals surface area contributed by atoms with E-state index in [4.69, 9.17) is 9.47 Å². The van der Waals surface area contributed by atoms with Crippen LogP contribution in [0.5, 0.6) is 11.5 Å². The summed E-state index contributed by atoms with van der Waals surface area (Å²) in [6.45, 7) is 2.44. The number of nitrogens with one attached hydrogen (secondary N) is 1. The van der Waals surface area contributed by atoms with Crippen molar-refractivity contribution in [1.82, 2.24) is 5.32 Å². The number of methoxy groups -OCH3 is 1. The van der Waals surface area contributed by atoms with Gasteiger partial charge in [0, 0.05) is 19.2 Å². The van der Waals surface area contributed by atoms with Crippen LogP contribution in [0.15, 0.2) is 18.2 Å². The molecular weight excluding hydrogens is 218 g/mol. The summed E-state index contributed by atoms with van der Waals surface area (Å²) in [4.78, 5) is 0. The standard InChI is InChI=1S/C13H19NO3/c1-16-13-7-10(4-5-12(13)15)8-14-11-3-2-6-17-9-11/h4-5,7,11,14-15H,2-3,6,8-9H2,1H3. The first kappa shape index (κ1) is 12.2. The predicted octanol–water partition coefficient (Wildman–Crippen LogP) is 1.67. The molecule has 1 unspecified atom stereocenters. The molecule has 1 aromatic rings. The van der Waals surface area contributed by atoms with Crippen molar-refractivity contribution in [3.63, 3.8) is 0 Å². The van der Waals surface area contributed by atoms with E-state index in [2.05, 4.69) is 5.32 Å². The third kappa shape index (κ3) is 3.35. The quantitative estimate of drug-likeness (QED) is 0.836. The zero-order valence-corrected chi connectivity index (χ0v) is 10.1. The fraction of sp³-hybridized carbons (Fsp3) is 0.538. The molecule has 4 nitrogen and oxygen atoms in total. The predicted molar refractivity (Wildman–Crippen MR) is 65.3 cm³/mol.